The largest absolute Gasteiger partial charge is 0.461 e. The molecule has 1 saturated heterocycles. The van der Waals surface area contributed by atoms with Crippen LogP contribution < -0.4 is 5.73 Å². The van der Waals surface area contributed by atoms with Gasteiger partial charge in [-0.15, -0.1) is 12.4 Å². The first-order chi connectivity index (χ1) is 11.9. The van der Waals surface area contributed by atoms with E-state index >= 15 is 0 Å². The standard InChI is InChI=1S/C20H25FN2O2.ClH/c1-20(2)13-23(12-11-18(20)22)19(24)10-8-14-7-9-17(25-14)15-5-3-4-6-16(15)21;/h3-7,9,18H,8,10-13,22H2,1-2H3;1H. The van der Waals surface area contributed by atoms with E-state index in [0.717, 1.165) is 6.42 Å². The minimum Gasteiger partial charge on any atom is -0.461 e. The number of amides is 1. The molecule has 0 spiro atoms. The molecule has 142 valence electrons. The Kier molecular flexibility index (Phi) is 6.48. The van der Waals surface area contributed by atoms with Crippen LogP contribution in [0.15, 0.2) is 40.8 Å². The molecule has 1 fully saturated rings. The molecule has 1 amide bonds. The van der Waals surface area contributed by atoms with Crippen molar-refractivity contribution in [3.05, 3.63) is 48.0 Å². The number of carbonyl (C=O) groups is 1. The van der Waals surface area contributed by atoms with Gasteiger partial charge in [-0.2, -0.15) is 0 Å². The second kappa shape index (κ2) is 8.23. The smallest absolute Gasteiger partial charge is 0.223 e. The fourth-order valence-corrected chi connectivity index (χ4v) is 3.29. The van der Waals surface area contributed by atoms with Gasteiger partial charge in [0.2, 0.25) is 5.91 Å². The van der Waals surface area contributed by atoms with Crippen molar-refractivity contribution in [1.82, 2.24) is 4.90 Å². The number of hydrogen-bond acceptors (Lipinski definition) is 3. The van der Waals surface area contributed by atoms with Crippen molar-refractivity contribution in [2.75, 3.05) is 13.1 Å². The average Bonchev–Trinajstić information content (AvgIpc) is 3.04. The lowest BCUT2D eigenvalue weighted by Gasteiger charge is -2.42. The Bertz CT molecular complexity index is 760. The lowest BCUT2D eigenvalue weighted by molar-refractivity contribution is -0.134. The summed E-state index contributed by atoms with van der Waals surface area (Å²) < 4.78 is 19.5. The lowest BCUT2D eigenvalue weighted by atomic mass is 9.79. The summed E-state index contributed by atoms with van der Waals surface area (Å²) in [4.78, 5) is 14.4. The minimum absolute atomic E-state index is 0. The van der Waals surface area contributed by atoms with Crippen molar-refractivity contribution in [3.63, 3.8) is 0 Å². The van der Waals surface area contributed by atoms with Crippen LogP contribution in [0.5, 0.6) is 0 Å². The summed E-state index contributed by atoms with van der Waals surface area (Å²) in [7, 11) is 0. The Balaban J connectivity index is 0.00000243. The average molecular weight is 381 g/mol. The number of rotatable bonds is 4. The molecular weight excluding hydrogens is 355 g/mol. The van der Waals surface area contributed by atoms with Gasteiger partial charge >= 0.3 is 0 Å². The van der Waals surface area contributed by atoms with Gasteiger partial charge in [-0.25, -0.2) is 4.39 Å². The van der Waals surface area contributed by atoms with E-state index < -0.39 is 0 Å². The third kappa shape index (κ3) is 4.46. The highest BCUT2D eigenvalue weighted by molar-refractivity contribution is 5.85. The van der Waals surface area contributed by atoms with Gasteiger partial charge in [-0.1, -0.05) is 26.0 Å². The first kappa shape index (κ1) is 20.5. The van der Waals surface area contributed by atoms with Gasteiger partial charge in [0, 0.05) is 32.0 Å². The molecule has 26 heavy (non-hydrogen) atoms. The van der Waals surface area contributed by atoms with Gasteiger partial charge in [-0.05, 0) is 36.1 Å². The Labute approximate surface area is 160 Å². The molecule has 3 rings (SSSR count). The molecule has 0 bridgehead atoms. The summed E-state index contributed by atoms with van der Waals surface area (Å²) in [5.41, 5.74) is 6.50. The molecule has 1 aliphatic heterocycles. The zero-order valence-corrected chi connectivity index (χ0v) is 16.0. The number of carbonyl (C=O) groups excluding carboxylic acids is 1. The van der Waals surface area contributed by atoms with Crippen LogP contribution in [-0.2, 0) is 11.2 Å². The van der Waals surface area contributed by atoms with Crippen LogP contribution in [0.3, 0.4) is 0 Å². The first-order valence-corrected chi connectivity index (χ1v) is 8.74. The van der Waals surface area contributed by atoms with E-state index in [2.05, 4.69) is 13.8 Å². The summed E-state index contributed by atoms with van der Waals surface area (Å²) in [6, 6.07) is 10.2. The highest BCUT2D eigenvalue weighted by Crippen LogP contribution is 2.29. The molecule has 1 aromatic heterocycles. The molecule has 2 N–H and O–H groups in total. The van der Waals surface area contributed by atoms with Crippen molar-refractivity contribution >= 4 is 18.3 Å². The minimum atomic E-state index is -0.314. The Hall–Kier alpha value is -1.85. The second-order valence-corrected chi connectivity index (χ2v) is 7.44. The molecule has 2 aromatic rings. The predicted octanol–water partition coefficient (Wildman–Crippen LogP) is 4.03. The lowest BCUT2D eigenvalue weighted by Crippen LogP contribution is -2.54. The fourth-order valence-electron chi connectivity index (χ4n) is 3.29. The van der Waals surface area contributed by atoms with Crippen molar-refractivity contribution in [1.29, 1.82) is 0 Å². The molecule has 0 radical (unpaired) electrons. The van der Waals surface area contributed by atoms with E-state index in [1.165, 1.54) is 6.07 Å². The summed E-state index contributed by atoms with van der Waals surface area (Å²) >= 11 is 0. The number of benzene rings is 1. The summed E-state index contributed by atoms with van der Waals surface area (Å²) in [6.45, 7) is 5.60. The third-order valence-corrected chi connectivity index (χ3v) is 5.05. The number of likely N-dealkylation sites (tertiary alicyclic amines) is 1. The van der Waals surface area contributed by atoms with E-state index in [0.29, 0.717) is 43.0 Å². The van der Waals surface area contributed by atoms with Gasteiger partial charge in [0.15, 0.2) is 0 Å². The van der Waals surface area contributed by atoms with Crippen LogP contribution in [0, 0.1) is 11.2 Å². The summed E-state index contributed by atoms with van der Waals surface area (Å²) in [5.74, 6) is 0.986. The van der Waals surface area contributed by atoms with Crippen molar-refractivity contribution in [3.8, 4) is 11.3 Å². The van der Waals surface area contributed by atoms with Crippen molar-refractivity contribution in [2.24, 2.45) is 11.1 Å². The van der Waals surface area contributed by atoms with Crippen molar-refractivity contribution < 1.29 is 13.6 Å². The van der Waals surface area contributed by atoms with E-state index in [1.807, 2.05) is 11.0 Å². The number of nitrogens with zero attached hydrogens (tertiary/aromatic N) is 1. The molecule has 1 aromatic carbocycles. The zero-order valence-electron chi connectivity index (χ0n) is 15.2. The molecule has 0 aliphatic carbocycles. The van der Waals surface area contributed by atoms with Crippen LogP contribution in [0.1, 0.15) is 32.4 Å². The molecular formula is C20H26ClFN2O2. The fraction of sp³-hybridized carbons (Fsp3) is 0.450. The normalized spacial score (nSPS) is 19.1. The van der Waals surface area contributed by atoms with Crippen LogP contribution >= 0.6 is 12.4 Å². The monoisotopic (exact) mass is 380 g/mol. The van der Waals surface area contributed by atoms with E-state index in [-0.39, 0.29) is 35.6 Å². The van der Waals surface area contributed by atoms with Gasteiger partial charge in [-0.3, -0.25) is 4.79 Å². The third-order valence-electron chi connectivity index (χ3n) is 5.05. The molecule has 1 unspecified atom stereocenters. The Morgan fingerprint density at radius 1 is 1.31 bits per heavy atom. The number of nitrogens with two attached hydrogens (primary N) is 1. The molecule has 1 atom stereocenters. The van der Waals surface area contributed by atoms with E-state index in [9.17, 15) is 9.18 Å². The van der Waals surface area contributed by atoms with Gasteiger partial charge in [0.1, 0.15) is 17.3 Å². The summed E-state index contributed by atoms with van der Waals surface area (Å²) in [5, 5.41) is 0. The number of furan rings is 1. The molecule has 1 aliphatic rings. The van der Waals surface area contributed by atoms with Gasteiger partial charge < -0.3 is 15.1 Å². The van der Waals surface area contributed by atoms with Gasteiger partial charge in [0.05, 0.1) is 5.56 Å². The molecule has 0 saturated carbocycles. The molecule has 6 heteroatoms. The maximum absolute atomic E-state index is 13.8. The first-order valence-electron chi connectivity index (χ1n) is 8.74. The SMILES string of the molecule is CC1(C)CN(C(=O)CCc2ccc(-c3ccccc3F)o2)CCC1N.Cl. The quantitative estimate of drug-likeness (QED) is 0.871. The number of piperidine rings is 1. The highest BCUT2D eigenvalue weighted by Gasteiger charge is 2.35. The zero-order chi connectivity index (χ0) is 18.0. The number of hydrogen-bond donors (Lipinski definition) is 1. The van der Waals surface area contributed by atoms with Gasteiger partial charge in [0.25, 0.3) is 0 Å². The Morgan fingerprint density at radius 3 is 2.73 bits per heavy atom. The van der Waals surface area contributed by atoms with Crippen LogP contribution in [0.4, 0.5) is 4.39 Å². The van der Waals surface area contributed by atoms with Crippen LogP contribution in [0.2, 0.25) is 0 Å². The summed E-state index contributed by atoms with van der Waals surface area (Å²) in [6.07, 6.45) is 1.72. The topological polar surface area (TPSA) is 59.5 Å². The Morgan fingerprint density at radius 2 is 2.04 bits per heavy atom. The van der Waals surface area contributed by atoms with Crippen LogP contribution in [0.25, 0.3) is 11.3 Å². The second-order valence-electron chi connectivity index (χ2n) is 7.44. The predicted molar refractivity (Wildman–Crippen MR) is 103 cm³/mol. The number of aryl methyl sites for hydroxylation is 1. The van der Waals surface area contributed by atoms with Crippen LogP contribution in [-0.4, -0.2) is 29.9 Å². The number of halogens is 2. The maximum atomic E-state index is 13.8. The molecule has 4 nitrogen and oxygen atoms in total. The highest BCUT2D eigenvalue weighted by atomic mass is 35.5. The maximum Gasteiger partial charge on any atom is 0.223 e. The van der Waals surface area contributed by atoms with Crippen molar-refractivity contribution in [2.45, 2.75) is 39.2 Å². The van der Waals surface area contributed by atoms with E-state index in [1.54, 1.807) is 24.3 Å². The molecule has 2 heterocycles. The van der Waals surface area contributed by atoms with E-state index in [4.69, 9.17) is 10.2 Å².